The summed E-state index contributed by atoms with van der Waals surface area (Å²) < 4.78 is 39.6. The van der Waals surface area contributed by atoms with Crippen LogP contribution < -0.4 is 4.90 Å². The maximum atomic E-state index is 14.0. The number of carbonyl (C=O) groups is 1. The number of benzene rings is 1. The van der Waals surface area contributed by atoms with Crippen molar-refractivity contribution in [3.8, 4) is 0 Å². The Morgan fingerprint density at radius 2 is 1.85 bits per heavy atom. The second-order valence-electron chi connectivity index (χ2n) is 6.97. The Morgan fingerprint density at radius 1 is 1.15 bits per heavy atom. The Morgan fingerprint density at radius 3 is 2.56 bits per heavy atom. The van der Waals surface area contributed by atoms with Gasteiger partial charge in [0.05, 0.1) is 17.2 Å². The van der Waals surface area contributed by atoms with E-state index in [9.17, 15) is 17.6 Å². The molecule has 2 aliphatic rings. The van der Waals surface area contributed by atoms with Gasteiger partial charge in [-0.25, -0.2) is 12.8 Å². The lowest BCUT2D eigenvalue weighted by atomic mass is 10.1. The van der Waals surface area contributed by atoms with Gasteiger partial charge in [0.25, 0.3) is 5.91 Å². The third-order valence-corrected chi connectivity index (χ3v) is 6.81. The predicted molar refractivity (Wildman–Crippen MR) is 98.9 cm³/mol. The van der Waals surface area contributed by atoms with Gasteiger partial charge in [-0.3, -0.25) is 9.48 Å². The minimum atomic E-state index is -3.19. The van der Waals surface area contributed by atoms with Gasteiger partial charge in [0.2, 0.25) is 0 Å². The molecule has 9 heteroatoms. The predicted octanol–water partition coefficient (Wildman–Crippen LogP) is 0.992. The number of rotatable bonds is 2. The molecule has 0 unspecified atom stereocenters. The first-order valence-electron chi connectivity index (χ1n) is 8.89. The summed E-state index contributed by atoms with van der Waals surface area (Å²) in [5, 5.41) is 4.31. The van der Waals surface area contributed by atoms with Gasteiger partial charge < -0.3 is 9.80 Å². The number of piperazine rings is 1. The molecule has 2 aromatic rings. The number of fused-ring (bicyclic) bond motifs is 1. The molecule has 0 radical (unpaired) electrons. The quantitative estimate of drug-likeness (QED) is 0.762. The highest BCUT2D eigenvalue weighted by Gasteiger charge is 2.33. The van der Waals surface area contributed by atoms with Crippen LogP contribution in [0.1, 0.15) is 21.7 Å². The molecule has 1 aromatic heterocycles. The van der Waals surface area contributed by atoms with E-state index in [1.54, 1.807) is 34.8 Å². The zero-order valence-corrected chi connectivity index (χ0v) is 15.9. The molecule has 3 heterocycles. The van der Waals surface area contributed by atoms with E-state index in [1.165, 1.54) is 6.07 Å². The van der Waals surface area contributed by atoms with E-state index >= 15 is 0 Å². The van der Waals surface area contributed by atoms with E-state index in [0.29, 0.717) is 43.9 Å². The normalized spacial score (nSPS) is 19.0. The van der Waals surface area contributed by atoms with E-state index in [1.807, 2.05) is 4.90 Å². The standard InChI is InChI=1S/C18H21FN4O3S/c1-21-15-6-11-27(25,26)12-13(15)17(20-21)18(24)23-9-7-22(8-10-23)16-5-3-2-4-14(16)19/h2-5H,6-12H2,1H3. The van der Waals surface area contributed by atoms with Gasteiger partial charge in [-0.15, -0.1) is 0 Å². The average Bonchev–Trinajstić information content (AvgIpc) is 2.96. The SMILES string of the molecule is Cn1nc(C(=O)N2CCN(c3ccccc3F)CC2)c2c1CCS(=O)(=O)C2. The van der Waals surface area contributed by atoms with Crippen LogP contribution in [0.3, 0.4) is 0 Å². The number of nitrogens with zero attached hydrogens (tertiary/aromatic N) is 4. The number of amides is 1. The van der Waals surface area contributed by atoms with E-state index in [2.05, 4.69) is 5.10 Å². The highest BCUT2D eigenvalue weighted by atomic mass is 32.2. The zero-order chi connectivity index (χ0) is 19.2. The maximum Gasteiger partial charge on any atom is 0.274 e. The molecule has 0 spiro atoms. The number of aromatic nitrogens is 2. The number of aryl methyl sites for hydroxylation is 1. The van der Waals surface area contributed by atoms with Crippen molar-refractivity contribution in [1.82, 2.24) is 14.7 Å². The maximum absolute atomic E-state index is 14.0. The smallest absolute Gasteiger partial charge is 0.274 e. The summed E-state index contributed by atoms with van der Waals surface area (Å²) >= 11 is 0. The molecule has 0 aliphatic carbocycles. The molecule has 1 aromatic carbocycles. The van der Waals surface area contributed by atoms with Crippen molar-refractivity contribution in [2.45, 2.75) is 12.2 Å². The van der Waals surface area contributed by atoms with Crippen LogP contribution in [0, 0.1) is 5.82 Å². The van der Waals surface area contributed by atoms with Gasteiger partial charge in [-0.05, 0) is 12.1 Å². The van der Waals surface area contributed by atoms with Gasteiger partial charge in [0.1, 0.15) is 5.82 Å². The lowest BCUT2D eigenvalue weighted by Gasteiger charge is -2.36. The summed E-state index contributed by atoms with van der Waals surface area (Å²) in [6.45, 7) is 1.90. The van der Waals surface area contributed by atoms with Gasteiger partial charge in [-0.1, -0.05) is 12.1 Å². The Hall–Kier alpha value is -2.42. The fourth-order valence-corrected chi connectivity index (χ4v) is 5.18. The van der Waals surface area contributed by atoms with Gasteiger partial charge in [0, 0.05) is 50.9 Å². The zero-order valence-electron chi connectivity index (χ0n) is 15.1. The number of sulfone groups is 1. The molecule has 0 bridgehead atoms. The average molecular weight is 392 g/mol. The van der Waals surface area contributed by atoms with Crippen LogP contribution in [0.25, 0.3) is 0 Å². The molecule has 0 atom stereocenters. The first-order chi connectivity index (χ1) is 12.9. The lowest BCUT2D eigenvalue weighted by Crippen LogP contribution is -2.49. The molecule has 0 N–H and O–H groups in total. The van der Waals surface area contributed by atoms with Gasteiger partial charge >= 0.3 is 0 Å². The van der Waals surface area contributed by atoms with Crippen LogP contribution >= 0.6 is 0 Å². The largest absolute Gasteiger partial charge is 0.366 e. The summed E-state index contributed by atoms with van der Waals surface area (Å²) in [4.78, 5) is 16.6. The van der Waals surface area contributed by atoms with E-state index in [-0.39, 0.29) is 28.9 Å². The van der Waals surface area contributed by atoms with Crippen molar-refractivity contribution in [3.05, 3.63) is 47.0 Å². The Balaban J connectivity index is 1.52. The topological polar surface area (TPSA) is 75.5 Å². The first-order valence-corrected chi connectivity index (χ1v) is 10.7. The number of carbonyl (C=O) groups excluding carboxylic acids is 1. The lowest BCUT2D eigenvalue weighted by molar-refractivity contribution is 0.0739. The van der Waals surface area contributed by atoms with Crippen molar-refractivity contribution < 1.29 is 17.6 Å². The van der Waals surface area contributed by atoms with E-state index in [0.717, 1.165) is 5.69 Å². The summed E-state index contributed by atoms with van der Waals surface area (Å²) in [6, 6.07) is 6.59. The van der Waals surface area contributed by atoms with E-state index in [4.69, 9.17) is 0 Å². The molecular weight excluding hydrogens is 371 g/mol. The summed E-state index contributed by atoms with van der Waals surface area (Å²) in [6.07, 6.45) is 0.384. The number of hydrogen-bond donors (Lipinski definition) is 0. The Labute approximate surface area is 157 Å². The summed E-state index contributed by atoms with van der Waals surface area (Å²) in [7, 11) is -1.45. The minimum Gasteiger partial charge on any atom is -0.366 e. The number of halogens is 1. The highest BCUT2D eigenvalue weighted by molar-refractivity contribution is 7.90. The summed E-state index contributed by atoms with van der Waals surface area (Å²) in [5.41, 5.74) is 2.12. The molecule has 1 amide bonds. The molecular formula is C18H21FN4O3S. The molecule has 1 saturated heterocycles. The third kappa shape index (κ3) is 3.31. The minimum absolute atomic E-state index is 0.0917. The summed E-state index contributed by atoms with van der Waals surface area (Å²) in [5.74, 6) is -0.570. The van der Waals surface area contributed by atoms with Gasteiger partial charge in [-0.2, -0.15) is 5.10 Å². The number of anilines is 1. The van der Waals surface area contributed by atoms with Crippen molar-refractivity contribution >= 4 is 21.4 Å². The van der Waals surface area contributed by atoms with Crippen LogP contribution in [-0.4, -0.2) is 60.9 Å². The van der Waals surface area contributed by atoms with E-state index < -0.39 is 9.84 Å². The van der Waals surface area contributed by atoms with Crippen molar-refractivity contribution in [2.24, 2.45) is 7.05 Å². The molecule has 27 heavy (non-hydrogen) atoms. The van der Waals surface area contributed by atoms with Crippen molar-refractivity contribution in [3.63, 3.8) is 0 Å². The van der Waals surface area contributed by atoms with Crippen LogP contribution in [0.4, 0.5) is 10.1 Å². The van der Waals surface area contributed by atoms with Crippen LogP contribution in [0.5, 0.6) is 0 Å². The fraction of sp³-hybridized carbons (Fsp3) is 0.444. The first kappa shape index (κ1) is 18.0. The van der Waals surface area contributed by atoms with Crippen molar-refractivity contribution in [2.75, 3.05) is 36.8 Å². The van der Waals surface area contributed by atoms with Crippen LogP contribution in [-0.2, 0) is 29.1 Å². The van der Waals surface area contributed by atoms with Crippen LogP contribution in [0.15, 0.2) is 24.3 Å². The molecule has 0 saturated carbocycles. The fourth-order valence-electron chi connectivity index (χ4n) is 3.79. The molecule has 144 valence electrons. The molecule has 7 nitrogen and oxygen atoms in total. The second kappa shape index (κ2) is 6.63. The van der Waals surface area contributed by atoms with Gasteiger partial charge in [0.15, 0.2) is 15.5 Å². The molecule has 4 rings (SSSR count). The highest BCUT2D eigenvalue weighted by Crippen LogP contribution is 2.26. The molecule has 2 aliphatic heterocycles. The Bertz CT molecular complexity index is 994. The molecule has 1 fully saturated rings. The monoisotopic (exact) mass is 392 g/mol. The van der Waals surface area contributed by atoms with Crippen LogP contribution in [0.2, 0.25) is 0 Å². The number of para-hydroxylation sites is 1. The Kier molecular flexibility index (Phi) is 4.41. The second-order valence-corrected chi connectivity index (χ2v) is 9.15. The number of hydrogen-bond acceptors (Lipinski definition) is 5. The third-order valence-electron chi connectivity index (χ3n) is 5.25. The van der Waals surface area contributed by atoms with Crippen molar-refractivity contribution in [1.29, 1.82) is 0 Å².